The van der Waals surface area contributed by atoms with Gasteiger partial charge in [-0.2, -0.15) is 0 Å². The lowest BCUT2D eigenvalue weighted by Crippen LogP contribution is -1.88. The van der Waals surface area contributed by atoms with E-state index in [1.54, 1.807) is 7.11 Å². The zero-order valence-electron chi connectivity index (χ0n) is 14.0. The Hall–Kier alpha value is -3.26. The van der Waals surface area contributed by atoms with Gasteiger partial charge in [-0.05, 0) is 52.7 Å². The fourth-order valence-electron chi connectivity index (χ4n) is 2.93. The SMILES string of the molecule is COc1ccc2cc(-c3ccccc3Oc3ccccc3)ccc2c1. The van der Waals surface area contributed by atoms with E-state index in [9.17, 15) is 0 Å². The van der Waals surface area contributed by atoms with Crippen molar-refractivity contribution in [2.24, 2.45) is 0 Å². The normalized spacial score (nSPS) is 10.6. The zero-order chi connectivity index (χ0) is 17.1. The lowest BCUT2D eigenvalue weighted by molar-refractivity contribution is 0.415. The molecule has 4 rings (SSSR count). The van der Waals surface area contributed by atoms with Gasteiger partial charge in [-0.15, -0.1) is 0 Å². The van der Waals surface area contributed by atoms with E-state index in [1.807, 2.05) is 60.7 Å². The van der Waals surface area contributed by atoms with Crippen molar-refractivity contribution in [2.75, 3.05) is 7.11 Å². The van der Waals surface area contributed by atoms with Crippen molar-refractivity contribution < 1.29 is 9.47 Å². The second kappa shape index (κ2) is 6.70. The van der Waals surface area contributed by atoms with E-state index in [1.165, 1.54) is 5.39 Å². The summed E-state index contributed by atoms with van der Waals surface area (Å²) >= 11 is 0. The number of rotatable bonds is 4. The minimum Gasteiger partial charge on any atom is -0.497 e. The van der Waals surface area contributed by atoms with Crippen LogP contribution in [-0.4, -0.2) is 7.11 Å². The van der Waals surface area contributed by atoms with Gasteiger partial charge in [-0.1, -0.05) is 54.6 Å². The molecule has 4 aromatic rings. The molecule has 0 radical (unpaired) electrons. The Balaban J connectivity index is 1.75. The third-order valence-corrected chi connectivity index (χ3v) is 4.22. The summed E-state index contributed by atoms with van der Waals surface area (Å²) in [5.41, 5.74) is 2.20. The summed E-state index contributed by atoms with van der Waals surface area (Å²) < 4.78 is 11.4. The van der Waals surface area contributed by atoms with Gasteiger partial charge in [0, 0.05) is 5.56 Å². The highest BCUT2D eigenvalue weighted by Crippen LogP contribution is 2.35. The molecule has 0 unspecified atom stereocenters. The van der Waals surface area contributed by atoms with E-state index in [-0.39, 0.29) is 0 Å². The minimum absolute atomic E-state index is 0.834. The molecular weight excluding hydrogens is 308 g/mol. The first kappa shape index (κ1) is 15.3. The number of para-hydroxylation sites is 2. The maximum atomic E-state index is 6.09. The molecule has 4 aromatic carbocycles. The van der Waals surface area contributed by atoms with Gasteiger partial charge in [0.1, 0.15) is 17.2 Å². The monoisotopic (exact) mass is 326 g/mol. The summed E-state index contributed by atoms with van der Waals surface area (Å²) in [6, 6.07) is 30.5. The van der Waals surface area contributed by atoms with Crippen LogP contribution >= 0.6 is 0 Å². The molecule has 0 aliphatic carbocycles. The summed E-state index contributed by atoms with van der Waals surface area (Å²) in [6.45, 7) is 0. The van der Waals surface area contributed by atoms with Crippen LogP contribution in [0, 0.1) is 0 Å². The van der Waals surface area contributed by atoms with Crippen LogP contribution in [0.2, 0.25) is 0 Å². The smallest absolute Gasteiger partial charge is 0.135 e. The van der Waals surface area contributed by atoms with Crippen molar-refractivity contribution in [3.05, 3.63) is 91.0 Å². The van der Waals surface area contributed by atoms with Crippen LogP contribution in [0.1, 0.15) is 0 Å². The number of methoxy groups -OCH3 is 1. The first-order chi connectivity index (χ1) is 12.3. The molecule has 122 valence electrons. The molecule has 0 saturated carbocycles. The molecule has 0 aliphatic heterocycles. The molecule has 0 aromatic heterocycles. The molecule has 0 saturated heterocycles. The van der Waals surface area contributed by atoms with Crippen LogP contribution in [0.4, 0.5) is 0 Å². The molecule has 0 fully saturated rings. The molecular formula is C23H18O2. The molecule has 0 amide bonds. The molecule has 0 N–H and O–H groups in total. The Kier molecular flexibility index (Phi) is 4.09. The molecule has 0 spiro atoms. The third-order valence-electron chi connectivity index (χ3n) is 4.22. The van der Waals surface area contributed by atoms with Crippen LogP contribution < -0.4 is 9.47 Å². The standard InChI is InChI=1S/C23H18O2/c1-24-21-14-13-17-15-19(12-11-18(17)16-21)22-9-5-6-10-23(22)25-20-7-3-2-4-8-20/h2-16H,1H3. The number of hydrogen-bond acceptors (Lipinski definition) is 2. The summed E-state index contributed by atoms with van der Waals surface area (Å²) in [4.78, 5) is 0. The van der Waals surface area contributed by atoms with Crippen LogP contribution in [0.15, 0.2) is 91.0 Å². The summed E-state index contributed by atoms with van der Waals surface area (Å²) in [5.74, 6) is 2.55. The Morgan fingerprint density at radius 1 is 0.600 bits per heavy atom. The van der Waals surface area contributed by atoms with Gasteiger partial charge in [-0.3, -0.25) is 0 Å². The molecule has 2 heteroatoms. The average Bonchev–Trinajstić information content (AvgIpc) is 2.68. The fraction of sp³-hybridized carbons (Fsp3) is 0.0435. The summed E-state index contributed by atoms with van der Waals surface area (Å²) in [6.07, 6.45) is 0. The number of fused-ring (bicyclic) bond motifs is 1. The molecule has 2 nitrogen and oxygen atoms in total. The van der Waals surface area contributed by atoms with E-state index in [4.69, 9.17) is 9.47 Å². The van der Waals surface area contributed by atoms with Crippen LogP contribution in [0.3, 0.4) is 0 Å². The minimum atomic E-state index is 0.834. The fourth-order valence-corrected chi connectivity index (χ4v) is 2.93. The van der Waals surface area contributed by atoms with Crippen molar-refractivity contribution in [2.45, 2.75) is 0 Å². The second-order valence-corrected chi connectivity index (χ2v) is 5.84. The van der Waals surface area contributed by atoms with Crippen molar-refractivity contribution in [3.63, 3.8) is 0 Å². The van der Waals surface area contributed by atoms with E-state index in [0.29, 0.717) is 0 Å². The van der Waals surface area contributed by atoms with Crippen molar-refractivity contribution in [1.82, 2.24) is 0 Å². The van der Waals surface area contributed by atoms with E-state index in [2.05, 4.69) is 30.3 Å². The number of ether oxygens (including phenoxy) is 2. The Morgan fingerprint density at radius 3 is 2.16 bits per heavy atom. The first-order valence-electron chi connectivity index (χ1n) is 8.23. The highest BCUT2D eigenvalue weighted by atomic mass is 16.5. The highest BCUT2D eigenvalue weighted by Gasteiger charge is 2.08. The molecule has 0 heterocycles. The third kappa shape index (κ3) is 3.20. The largest absolute Gasteiger partial charge is 0.497 e. The molecule has 0 bridgehead atoms. The predicted molar refractivity (Wildman–Crippen MR) is 102 cm³/mol. The average molecular weight is 326 g/mol. The van der Waals surface area contributed by atoms with Gasteiger partial charge in [0.15, 0.2) is 0 Å². The highest BCUT2D eigenvalue weighted by molar-refractivity contribution is 5.89. The van der Waals surface area contributed by atoms with E-state index >= 15 is 0 Å². The van der Waals surface area contributed by atoms with Gasteiger partial charge < -0.3 is 9.47 Å². The Bertz CT molecular complexity index is 1010. The first-order valence-corrected chi connectivity index (χ1v) is 8.23. The van der Waals surface area contributed by atoms with Gasteiger partial charge in [-0.25, -0.2) is 0 Å². The molecule has 0 aliphatic rings. The van der Waals surface area contributed by atoms with Crippen LogP contribution in [-0.2, 0) is 0 Å². The Morgan fingerprint density at radius 2 is 1.32 bits per heavy atom. The van der Waals surface area contributed by atoms with E-state index in [0.717, 1.165) is 33.8 Å². The summed E-state index contributed by atoms with van der Waals surface area (Å²) in [5, 5.41) is 2.33. The van der Waals surface area contributed by atoms with Crippen molar-refractivity contribution in [1.29, 1.82) is 0 Å². The Labute approximate surface area is 147 Å². The maximum absolute atomic E-state index is 6.09. The lowest BCUT2D eigenvalue weighted by Gasteiger charge is -2.12. The lowest BCUT2D eigenvalue weighted by atomic mass is 10.0. The van der Waals surface area contributed by atoms with Crippen LogP contribution in [0.25, 0.3) is 21.9 Å². The zero-order valence-corrected chi connectivity index (χ0v) is 14.0. The predicted octanol–water partition coefficient (Wildman–Crippen LogP) is 6.31. The van der Waals surface area contributed by atoms with Crippen LogP contribution in [0.5, 0.6) is 17.2 Å². The summed E-state index contributed by atoms with van der Waals surface area (Å²) in [7, 11) is 1.69. The maximum Gasteiger partial charge on any atom is 0.135 e. The van der Waals surface area contributed by atoms with Gasteiger partial charge in [0.05, 0.1) is 7.11 Å². The van der Waals surface area contributed by atoms with Crippen molar-refractivity contribution in [3.8, 4) is 28.4 Å². The number of hydrogen-bond donors (Lipinski definition) is 0. The topological polar surface area (TPSA) is 18.5 Å². The van der Waals surface area contributed by atoms with E-state index < -0.39 is 0 Å². The van der Waals surface area contributed by atoms with Gasteiger partial charge in [0.25, 0.3) is 0 Å². The van der Waals surface area contributed by atoms with Crippen molar-refractivity contribution >= 4 is 10.8 Å². The quantitative estimate of drug-likeness (QED) is 0.437. The second-order valence-electron chi connectivity index (χ2n) is 5.84. The van der Waals surface area contributed by atoms with Gasteiger partial charge in [0.2, 0.25) is 0 Å². The van der Waals surface area contributed by atoms with Gasteiger partial charge >= 0.3 is 0 Å². The molecule has 25 heavy (non-hydrogen) atoms. The number of benzene rings is 4. The molecule has 0 atom stereocenters.